The molecule has 1 aromatic carbocycles. The van der Waals surface area contributed by atoms with Crippen LogP contribution in [-0.4, -0.2) is 24.5 Å². The van der Waals surface area contributed by atoms with Crippen LogP contribution in [0.5, 0.6) is 0 Å². The summed E-state index contributed by atoms with van der Waals surface area (Å²) in [5.74, 6) is 5.66. The third-order valence-corrected chi connectivity index (χ3v) is 5.80. The number of nitrogens with zero attached hydrogens (tertiary/aromatic N) is 5. The molecule has 0 bridgehead atoms. The first-order valence-corrected chi connectivity index (χ1v) is 11.9. The topological polar surface area (TPSA) is 112 Å². The summed E-state index contributed by atoms with van der Waals surface area (Å²) in [5.41, 5.74) is 6.87. The van der Waals surface area contributed by atoms with Crippen molar-refractivity contribution in [2.24, 2.45) is 0 Å². The summed E-state index contributed by atoms with van der Waals surface area (Å²) in [6, 6.07) is 7.23. The fraction of sp³-hybridized carbons (Fsp3) is 0.107. The zero-order chi connectivity index (χ0) is 27.2. The molecule has 0 radical (unpaired) electrons. The Morgan fingerprint density at radius 1 is 1.24 bits per heavy atom. The summed E-state index contributed by atoms with van der Waals surface area (Å²) in [6.07, 6.45) is 9.64. The van der Waals surface area contributed by atoms with Crippen LogP contribution in [0, 0.1) is 17.7 Å². The predicted molar refractivity (Wildman–Crippen MR) is 149 cm³/mol. The quantitative estimate of drug-likeness (QED) is 0.264. The van der Waals surface area contributed by atoms with Crippen LogP contribution in [0.25, 0.3) is 16.6 Å². The van der Waals surface area contributed by atoms with Crippen LogP contribution in [0.3, 0.4) is 0 Å². The highest BCUT2D eigenvalue weighted by Gasteiger charge is 2.21. The van der Waals surface area contributed by atoms with Crippen molar-refractivity contribution < 1.29 is 4.39 Å². The van der Waals surface area contributed by atoms with Crippen molar-refractivity contribution >= 4 is 39.8 Å². The molecule has 4 aromatic rings. The van der Waals surface area contributed by atoms with Gasteiger partial charge in [-0.1, -0.05) is 42.3 Å². The summed E-state index contributed by atoms with van der Waals surface area (Å²) in [7, 11) is 0. The molecule has 0 amide bonds. The molecule has 0 saturated heterocycles. The van der Waals surface area contributed by atoms with E-state index in [1.807, 2.05) is 13.0 Å². The molecule has 0 spiro atoms. The molecule has 0 saturated carbocycles. The van der Waals surface area contributed by atoms with Gasteiger partial charge in [0.2, 0.25) is 0 Å². The lowest BCUT2D eigenvalue weighted by Gasteiger charge is -2.21. The Morgan fingerprint density at radius 2 is 2.05 bits per heavy atom. The van der Waals surface area contributed by atoms with Gasteiger partial charge in [-0.15, -0.1) is 0 Å². The maximum Gasteiger partial charge on any atom is 0.267 e. The Morgan fingerprint density at radius 3 is 2.79 bits per heavy atom. The Hall–Kier alpha value is -4.81. The molecule has 4 rings (SSSR count). The lowest BCUT2D eigenvalue weighted by molar-refractivity contribution is 0.617. The number of anilines is 2. The Labute approximate surface area is 223 Å². The normalized spacial score (nSPS) is 12.3. The summed E-state index contributed by atoms with van der Waals surface area (Å²) >= 11 is 6.38. The monoisotopic (exact) mass is 527 g/mol. The highest BCUT2D eigenvalue weighted by Crippen LogP contribution is 2.26. The summed E-state index contributed by atoms with van der Waals surface area (Å²) in [4.78, 5) is 30.7. The lowest BCUT2D eigenvalue weighted by Crippen LogP contribution is -2.28. The van der Waals surface area contributed by atoms with E-state index in [0.29, 0.717) is 22.1 Å². The third-order valence-electron chi connectivity index (χ3n) is 5.48. The maximum absolute atomic E-state index is 14.0. The first kappa shape index (κ1) is 26.3. The predicted octanol–water partition coefficient (Wildman–Crippen LogP) is 5.13. The molecular weight excluding hydrogens is 505 g/mol. The highest BCUT2D eigenvalue weighted by atomic mass is 35.5. The van der Waals surface area contributed by atoms with Crippen LogP contribution in [0.15, 0.2) is 78.5 Å². The number of hydrogen-bond donors (Lipinski definition) is 2. The van der Waals surface area contributed by atoms with Crippen molar-refractivity contribution in [3.05, 3.63) is 112 Å². The molecule has 0 aliphatic rings. The molecule has 10 heteroatoms. The first-order chi connectivity index (χ1) is 18.3. The largest absolute Gasteiger partial charge is 0.382 e. The number of hydrogen-bond acceptors (Lipinski definition) is 7. The average molecular weight is 528 g/mol. The second-order valence-electron chi connectivity index (χ2n) is 8.00. The molecule has 3 heterocycles. The molecule has 1 atom stereocenters. The van der Waals surface area contributed by atoms with E-state index in [-0.39, 0.29) is 33.8 Å². The van der Waals surface area contributed by atoms with Gasteiger partial charge in [-0.05, 0) is 56.2 Å². The molecule has 0 fully saturated rings. The van der Waals surface area contributed by atoms with Crippen LogP contribution in [0.4, 0.5) is 16.0 Å². The average Bonchev–Trinajstić information content (AvgIpc) is 2.90. The van der Waals surface area contributed by atoms with Crippen molar-refractivity contribution in [2.75, 3.05) is 11.1 Å². The second kappa shape index (κ2) is 11.5. The van der Waals surface area contributed by atoms with Gasteiger partial charge in [-0.2, -0.15) is 0 Å². The Bertz CT molecular complexity index is 1720. The van der Waals surface area contributed by atoms with E-state index in [9.17, 15) is 9.18 Å². The summed E-state index contributed by atoms with van der Waals surface area (Å²) < 4.78 is 15.5. The molecule has 0 aliphatic heterocycles. The number of nitrogens with one attached hydrogen (secondary N) is 1. The second-order valence-corrected chi connectivity index (χ2v) is 8.41. The number of benzene rings is 1. The van der Waals surface area contributed by atoms with Gasteiger partial charge in [0.25, 0.3) is 5.56 Å². The first-order valence-electron chi connectivity index (χ1n) is 11.5. The van der Waals surface area contributed by atoms with Crippen LogP contribution in [0.2, 0.25) is 5.02 Å². The number of nitrogens with two attached hydrogens (primary N) is 1. The number of rotatable bonds is 6. The number of fused-ring (bicyclic) bond motifs is 1. The van der Waals surface area contributed by atoms with Gasteiger partial charge in [-0.25, -0.2) is 24.3 Å². The van der Waals surface area contributed by atoms with Gasteiger partial charge in [-0.3, -0.25) is 9.36 Å². The maximum atomic E-state index is 14.0. The number of nitrogen functional groups attached to an aromatic ring is 1. The van der Waals surface area contributed by atoms with Crippen LogP contribution < -0.4 is 16.6 Å². The third kappa shape index (κ3) is 5.31. The molecule has 38 heavy (non-hydrogen) atoms. The van der Waals surface area contributed by atoms with Crippen molar-refractivity contribution in [1.82, 2.24) is 24.5 Å². The van der Waals surface area contributed by atoms with Crippen molar-refractivity contribution in [1.29, 1.82) is 0 Å². The molecule has 8 nitrogen and oxygen atoms in total. The minimum atomic E-state index is -0.582. The fourth-order valence-electron chi connectivity index (χ4n) is 3.68. The van der Waals surface area contributed by atoms with Crippen molar-refractivity contribution in [3.63, 3.8) is 0 Å². The number of aromatic nitrogens is 5. The molecule has 3 N–H and O–H groups in total. The number of pyridine rings is 1. The molecule has 190 valence electrons. The van der Waals surface area contributed by atoms with E-state index in [4.69, 9.17) is 22.3 Å². The standard InChI is InChI=1S/C28H23ClFN7O/c1-4-6-9-18(5-2)37-27(36-23-12-7-10-20(29)24(23)28(37)38)17(3)35-26-19(25(31)33-16-34-26)13-14-22-21(30)11-8-15-32-22/h4-12,15-17H,2H2,1,3H3,(H3,31,33,34,35)/b6-4-,18-9+. The minimum absolute atomic E-state index is 0.0404. The van der Waals surface area contributed by atoms with E-state index >= 15 is 0 Å². The SMILES string of the molecule is C=C/C(=C\C=C/C)n1c(C(C)Nc2ncnc(N)c2C#Cc2ncccc2F)nc2cccc(Cl)c2c1=O. The molecule has 1 unspecified atom stereocenters. The molecular formula is C28H23ClFN7O. The number of halogens is 2. The Balaban J connectivity index is 1.86. The van der Waals surface area contributed by atoms with Crippen LogP contribution >= 0.6 is 11.6 Å². The van der Waals surface area contributed by atoms with Crippen LogP contribution in [-0.2, 0) is 0 Å². The van der Waals surface area contributed by atoms with Crippen molar-refractivity contribution in [3.8, 4) is 11.8 Å². The Kier molecular flexibility index (Phi) is 7.94. The zero-order valence-electron chi connectivity index (χ0n) is 20.6. The summed E-state index contributed by atoms with van der Waals surface area (Å²) in [6.45, 7) is 7.53. The minimum Gasteiger partial charge on any atom is -0.382 e. The van der Waals surface area contributed by atoms with E-state index in [1.54, 1.807) is 43.4 Å². The van der Waals surface area contributed by atoms with Gasteiger partial charge in [0, 0.05) is 11.9 Å². The van der Waals surface area contributed by atoms with Gasteiger partial charge in [0.15, 0.2) is 5.82 Å². The summed E-state index contributed by atoms with van der Waals surface area (Å²) in [5, 5.41) is 3.79. The van der Waals surface area contributed by atoms with Gasteiger partial charge in [0.05, 0.1) is 22.0 Å². The van der Waals surface area contributed by atoms with Crippen LogP contribution in [0.1, 0.15) is 37.0 Å². The van der Waals surface area contributed by atoms with Crippen molar-refractivity contribution in [2.45, 2.75) is 19.9 Å². The van der Waals surface area contributed by atoms with E-state index < -0.39 is 11.9 Å². The van der Waals surface area contributed by atoms with E-state index in [0.717, 1.165) is 0 Å². The molecule has 3 aromatic heterocycles. The zero-order valence-corrected chi connectivity index (χ0v) is 21.4. The smallest absolute Gasteiger partial charge is 0.267 e. The fourth-order valence-corrected chi connectivity index (χ4v) is 3.93. The number of allylic oxidation sites excluding steroid dienone is 5. The van der Waals surface area contributed by atoms with Gasteiger partial charge < -0.3 is 11.1 Å². The van der Waals surface area contributed by atoms with E-state index in [2.05, 4.69) is 38.7 Å². The van der Waals surface area contributed by atoms with E-state index in [1.165, 1.54) is 29.2 Å². The molecule has 0 aliphatic carbocycles. The highest BCUT2D eigenvalue weighted by molar-refractivity contribution is 6.35. The van der Waals surface area contributed by atoms with Gasteiger partial charge >= 0.3 is 0 Å². The van der Waals surface area contributed by atoms with Gasteiger partial charge in [0.1, 0.15) is 35.0 Å². The lowest BCUT2D eigenvalue weighted by atomic mass is 10.2.